The Labute approximate surface area is 98.4 Å². The van der Waals surface area contributed by atoms with Crippen LogP contribution >= 0.6 is 11.8 Å². The van der Waals surface area contributed by atoms with E-state index in [-0.39, 0.29) is 0 Å². The quantitative estimate of drug-likeness (QED) is 0.358. The predicted molar refractivity (Wildman–Crippen MR) is 67.2 cm³/mol. The average Bonchev–Trinajstić information content (AvgIpc) is 2.26. The SMILES string of the molecule is CSc1ccc(N)c(NCCNC(=O)O)c1. The van der Waals surface area contributed by atoms with E-state index in [1.807, 2.05) is 24.5 Å². The van der Waals surface area contributed by atoms with Gasteiger partial charge < -0.3 is 21.5 Å². The van der Waals surface area contributed by atoms with E-state index in [9.17, 15) is 4.79 Å². The zero-order valence-corrected chi connectivity index (χ0v) is 9.80. The Balaban J connectivity index is 2.49. The summed E-state index contributed by atoms with van der Waals surface area (Å²) in [6, 6.07) is 5.72. The summed E-state index contributed by atoms with van der Waals surface area (Å²) in [6.07, 6.45) is 0.967. The van der Waals surface area contributed by atoms with Crippen LogP contribution in [0.3, 0.4) is 0 Å². The molecule has 0 spiro atoms. The Morgan fingerprint density at radius 1 is 1.50 bits per heavy atom. The molecule has 5 N–H and O–H groups in total. The monoisotopic (exact) mass is 241 g/mol. The summed E-state index contributed by atoms with van der Waals surface area (Å²) in [5.74, 6) is 0. The molecule has 0 atom stereocenters. The lowest BCUT2D eigenvalue weighted by molar-refractivity contribution is 0.195. The van der Waals surface area contributed by atoms with Gasteiger partial charge in [0.25, 0.3) is 0 Å². The first kappa shape index (κ1) is 12.5. The number of amides is 1. The van der Waals surface area contributed by atoms with Crippen LogP contribution in [-0.2, 0) is 0 Å². The molecule has 0 aliphatic heterocycles. The molecule has 0 radical (unpaired) electrons. The van der Waals surface area contributed by atoms with E-state index in [1.165, 1.54) is 0 Å². The van der Waals surface area contributed by atoms with Crippen LogP contribution in [0.25, 0.3) is 0 Å². The summed E-state index contributed by atoms with van der Waals surface area (Å²) in [5.41, 5.74) is 7.27. The lowest BCUT2D eigenvalue weighted by Gasteiger charge is -2.10. The van der Waals surface area contributed by atoms with Crippen LogP contribution in [0.15, 0.2) is 23.1 Å². The number of hydrogen-bond donors (Lipinski definition) is 4. The molecule has 0 saturated carbocycles. The van der Waals surface area contributed by atoms with E-state index in [1.54, 1.807) is 11.8 Å². The second kappa shape index (κ2) is 6.12. The number of carboxylic acid groups (broad SMARTS) is 1. The third-order valence-corrected chi connectivity index (χ3v) is 2.70. The molecule has 0 saturated heterocycles. The van der Waals surface area contributed by atoms with Crippen molar-refractivity contribution >= 4 is 29.2 Å². The molecule has 1 aromatic carbocycles. The molecule has 0 unspecified atom stereocenters. The van der Waals surface area contributed by atoms with Crippen LogP contribution in [-0.4, -0.2) is 30.5 Å². The van der Waals surface area contributed by atoms with Gasteiger partial charge in [0, 0.05) is 18.0 Å². The summed E-state index contributed by atoms with van der Waals surface area (Å²) in [4.78, 5) is 11.3. The van der Waals surface area contributed by atoms with Gasteiger partial charge in [0.15, 0.2) is 0 Å². The van der Waals surface area contributed by atoms with E-state index in [2.05, 4.69) is 10.6 Å². The van der Waals surface area contributed by atoms with Gasteiger partial charge in [0.05, 0.1) is 11.4 Å². The first-order chi connectivity index (χ1) is 7.63. The second-order valence-electron chi connectivity index (χ2n) is 3.11. The third kappa shape index (κ3) is 3.90. The number of hydrogen-bond acceptors (Lipinski definition) is 4. The molecule has 0 aliphatic rings. The molecule has 0 heterocycles. The van der Waals surface area contributed by atoms with Crippen LogP contribution in [0.5, 0.6) is 0 Å². The highest BCUT2D eigenvalue weighted by molar-refractivity contribution is 7.98. The van der Waals surface area contributed by atoms with Gasteiger partial charge in [-0.1, -0.05) is 0 Å². The minimum atomic E-state index is -1.02. The maximum absolute atomic E-state index is 10.2. The fourth-order valence-corrected chi connectivity index (χ4v) is 1.62. The predicted octanol–water partition coefficient (Wildman–Crippen LogP) is 1.67. The highest BCUT2D eigenvalue weighted by Crippen LogP contribution is 2.24. The number of thioether (sulfide) groups is 1. The summed E-state index contributed by atoms with van der Waals surface area (Å²) in [5, 5.41) is 13.7. The van der Waals surface area contributed by atoms with Crippen molar-refractivity contribution in [3.63, 3.8) is 0 Å². The molecule has 6 heteroatoms. The van der Waals surface area contributed by atoms with Gasteiger partial charge in [-0.3, -0.25) is 0 Å². The normalized spacial score (nSPS) is 9.81. The van der Waals surface area contributed by atoms with Crippen LogP contribution in [0.4, 0.5) is 16.2 Å². The standard InChI is InChI=1S/C10H15N3O2S/c1-16-7-2-3-8(11)9(6-7)12-4-5-13-10(14)15/h2-3,6,12-13H,4-5,11H2,1H3,(H,14,15). The van der Waals surface area contributed by atoms with Crippen molar-refractivity contribution in [3.8, 4) is 0 Å². The molecule has 0 aliphatic carbocycles. The van der Waals surface area contributed by atoms with Crippen molar-refractivity contribution in [2.75, 3.05) is 30.4 Å². The Bertz CT molecular complexity index is 371. The van der Waals surface area contributed by atoms with Gasteiger partial charge in [-0.2, -0.15) is 0 Å². The molecule has 1 rings (SSSR count). The number of carbonyl (C=O) groups is 1. The maximum atomic E-state index is 10.2. The molecule has 88 valence electrons. The molecule has 1 aromatic rings. The zero-order chi connectivity index (χ0) is 12.0. The highest BCUT2D eigenvalue weighted by atomic mass is 32.2. The average molecular weight is 241 g/mol. The molecule has 0 bridgehead atoms. The maximum Gasteiger partial charge on any atom is 0.404 e. The number of benzene rings is 1. The first-order valence-corrected chi connectivity index (χ1v) is 6.00. The molecule has 1 amide bonds. The van der Waals surface area contributed by atoms with Gasteiger partial charge in [0.2, 0.25) is 0 Å². The summed E-state index contributed by atoms with van der Waals surface area (Å²) >= 11 is 1.63. The van der Waals surface area contributed by atoms with Crippen molar-refractivity contribution < 1.29 is 9.90 Å². The number of anilines is 2. The second-order valence-corrected chi connectivity index (χ2v) is 3.99. The topological polar surface area (TPSA) is 87.4 Å². The largest absolute Gasteiger partial charge is 0.465 e. The molecule has 0 fully saturated rings. The van der Waals surface area contributed by atoms with Crippen molar-refractivity contribution in [2.45, 2.75) is 4.90 Å². The Kier molecular flexibility index (Phi) is 4.78. The van der Waals surface area contributed by atoms with Crippen LogP contribution in [0, 0.1) is 0 Å². The number of nitrogens with one attached hydrogen (secondary N) is 2. The summed E-state index contributed by atoms with van der Waals surface area (Å²) in [6.45, 7) is 0.854. The van der Waals surface area contributed by atoms with E-state index < -0.39 is 6.09 Å². The van der Waals surface area contributed by atoms with Crippen molar-refractivity contribution in [1.82, 2.24) is 5.32 Å². The van der Waals surface area contributed by atoms with Crippen LogP contribution in [0.1, 0.15) is 0 Å². The smallest absolute Gasteiger partial charge is 0.404 e. The van der Waals surface area contributed by atoms with Gasteiger partial charge >= 0.3 is 6.09 Å². The minimum Gasteiger partial charge on any atom is -0.465 e. The Morgan fingerprint density at radius 2 is 2.25 bits per heavy atom. The highest BCUT2D eigenvalue weighted by Gasteiger charge is 2.00. The van der Waals surface area contributed by atoms with E-state index >= 15 is 0 Å². The van der Waals surface area contributed by atoms with Crippen molar-refractivity contribution in [1.29, 1.82) is 0 Å². The first-order valence-electron chi connectivity index (χ1n) is 4.77. The fourth-order valence-electron chi connectivity index (χ4n) is 1.18. The molecular weight excluding hydrogens is 226 g/mol. The molecule has 0 aromatic heterocycles. The molecule has 5 nitrogen and oxygen atoms in total. The Morgan fingerprint density at radius 3 is 2.88 bits per heavy atom. The van der Waals surface area contributed by atoms with Crippen molar-refractivity contribution in [3.05, 3.63) is 18.2 Å². The van der Waals surface area contributed by atoms with Crippen LogP contribution in [0.2, 0.25) is 0 Å². The molecule has 16 heavy (non-hydrogen) atoms. The minimum absolute atomic E-state index is 0.346. The van der Waals surface area contributed by atoms with Gasteiger partial charge in [-0.25, -0.2) is 4.79 Å². The Hall–Kier alpha value is -1.56. The number of nitrogens with two attached hydrogens (primary N) is 1. The lowest BCUT2D eigenvalue weighted by Crippen LogP contribution is -2.27. The summed E-state index contributed by atoms with van der Waals surface area (Å²) < 4.78 is 0. The number of rotatable bonds is 5. The van der Waals surface area contributed by atoms with E-state index in [0.717, 1.165) is 10.6 Å². The zero-order valence-electron chi connectivity index (χ0n) is 8.99. The van der Waals surface area contributed by atoms with Crippen molar-refractivity contribution in [2.24, 2.45) is 0 Å². The number of nitrogen functional groups attached to an aromatic ring is 1. The van der Waals surface area contributed by atoms with E-state index in [4.69, 9.17) is 10.8 Å². The van der Waals surface area contributed by atoms with Gasteiger partial charge in [0.1, 0.15) is 0 Å². The third-order valence-electron chi connectivity index (χ3n) is 1.98. The van der Waals surface area contributed by atoms with Gasteiger partial charge in [-0.15, -0.1) is 11.8 Å². The fraction of sp³-hybridized carbons (Fsp3) is 0.300. The van der Waals surface area contributed by atoms with Crippen LogP contribution < -0.4 is 16.4 Å². The van der Waals surface area contributed by atoms with E-state index in [0.29, 0.717) is 18.8 Å². The molecular formula is C10H15N3O2S. The lowest BCUT2D eigenvalue weighted by atomic mass is 10.2. The summed E-state index contributed by atoms with van der Waals surface area (Å²) in [7, 11) is 0. The van der Waals surface area contributed by atoms with Gasteiger partial charge in [-0.05, 0) is 24.5 Å².